The minimum atomic E-state index is -0.320. The summed E-state index contributed by atoms with van der Waals surface area (Å²) >= 11 is 1.02. The van der Waals surface area contributed by atoms with Gasteiger partial charge in [0.2, 0.25) is 0 Å². The van der Waals surface area contributed by atoms with Gasteiger partial charge < -0.3 is 11.1 Å². The average Bonchev–Trinajstić information content (AvgIpc) is 2.79. The van der Waals surface area contributed by atoms with Crippen LogP contribution in [-0.2, 0) is 0 Å². The number of nitrogens with two attached hydrogens (primary N) is 1. The predicted octanol–water partition coefficient (Wildman–Crippen LogP) is 1.21. The van der Waals surface area contributed by atoms with Crippen LogP contribution in [-0.4, -0.2) is 26.7 Å². The van der Waals surface area contributed by atoms with Crippen molar-refractivity contribution in [3.05, 3.63) is 11.9 Å². The second-order valence-electron chi connectivity index (χ2n) is 3.54. The summed E-state index contributed by atoms with van der Waals surface area (Å²) in [5, 5.41) is 2.77. The lowest BCUT2D eigenvalue weighted by atomic mass is 9.94. The summed E-state index contributed by atoms with van der Waals surface area (Å²) in [5.74, 6) is -0.208. The fraction of sp³-hybridized carbons (Fsp3) is 0.667. The SMILES string of the molecule is CCC(N)(CC)CNC(=O)c1cnsn1.Cl. The number of amides is 1. The molecule has 0 radical (unpaired) electrons. The topological polar surface area (TPSA) is 80.9 Å². The van der Waals surface area contributed by atoms with Gasteiger partial charge in [0.15, 0.2) is 5.69 Å². The van der Waals surface area contributed by atoms with E-state index in [-0.39, 0.29) is 23.9 Å². The molecule has 1 aromatic heterocycles. The quantitative estimate of drug-likeness (QED) is 0.838. The van der Waals surface area contributed by atoms with Crippen LogP contribution >= 0.6 is 24.1 Å². The Morgan fingerprint density at radius 3 is 2.62 bits per heavy atom. The summed E-state index contributed by atoms with van der Waals surface area (Å²) < 4.78 is 7.61. The maximum Gasteiger partial charge on any atom is 0.272 e. The number of carbonyl (C=O) groups excluding carboxylic acids is 1. The van der Waals surface area contributed by atoms with Crippen molar-refractivity contribution in [2.75, 3.05) is 6.54 Å². The van der Waals surface area contributed by atoms with Gasteiger partial charge in [-0.1, -0.05) is 13.8 Å². The Morgan fingerprint density at radius 1 is 1.56 bits per heavy atom. The first-order valence-corrected chi connectivity index (χ1v) is 5.69. The van der Waals surface area contributed by atoms with E-state index in [2.05, 4.69) is 14.1 Å². The molecule has 0 bridgehead atoms. The third kappa shape index (κ3) is 4.03. The van der Waals surface area contributed by atoms with Crippen LogP contribution in [0.25, 0.3) is 0 Å². The summed E-state index contributed by atoms with van der Waals surface area (Å²) in [4.78, 5) is 11.5. The fourth-order valence-corrected chi connectivity index (χ4v) is 1.52. The van der Waals surface area contributed by atoms with Gasteiger partial charge in [0.1, 0.15) is 0 Å². The van der Waals surface area contributed by atoms with E-state index in [1.165, 1.54) is 6.20 Å². The molecule has 0 saturated carbocycles. The molecule has 5 nitrogen and oxygen atoms in total. The zero-order valence-corrected chi connectivity index (χ0v) is 11.0. The maximum atomic E-state index is 11.5. The van der Waals surface area contributed by atoms with E-state index in [9.17, 15) is 4.79 Å². The van der Waals surface area contributed by atoms with Crippen LogP contribution in [0.15, 0.2) is 6.20 Å². The van der Waals surface area contributed by atoms with Crippen molar-refractivity contribution in [2.24, 2.45) is 5.73 Å². The lowest BCUT2D eigenvalue weighted by Gasteiger charge is -2.26. The van der Waals surface area contributed by atoms with Crippen molar-refractivity contribution in [3.8, 4) is 0 Å². The van der Waals surface area contributed by atoms with E-state index in [4.69, 9.17) is 5.73 Å². The molecular weight excluding hydrogens is 248 g/mol. The van der Waals surface area contributed by atoms with Crippen molar-refractivity contribution in [3.63, 3.8) is 0 Å². The number of nitrogens with zero attached hydrogens (tertiary/aromatic N) is 2. The van der Waals surface area contributed by atoms with Gasteiger partial charge in [-0.15, -0.1) is 12.4 Å². The first-order chi connectivity index (χ1) is 7.11. The van der Waals surface area contributed by atoms with Crippen molar-refractivity contribution >= 4 is 30.0 Å². The van der Waals surface area contributed by atoms with Crippen LogP contribution in [0.3, 0.4) is 0 Å². The normalized spacial score (nSPS) is 10.7. The molecule has 0 aromatic carbocycles. The Labute approximate surface area is 106 Å². The number of carbonyl (C=O) groups is 1. The van der Waals surface area contributed by atoms with Crippen molar-refractivity contribution in [2.45, 2.75) is 32.2 Å². The van der Waals surface area contributed by atoms with E-state index in [1.54, 1.807) is 0 Å². The molecule has 0 aliphatic carbocycles. The van der Waals surface area contributed by atoms with E-state index in [1.807, 2.05) is 13.8 Å². The lowest BCUT2D eigenvalue weighted by molar-refractivity contribution is 0.0938. The largest absolute Gasteiger partial charge is 0.349 e. The second-order valence-corrected chi connectivity index (χ2v) is 4.10. The highest BCUT2D eigenvalue weighted by atomic mass is 35.5. The van der Waals surface area contributed by atoms with Crippen LogP contribution in [0.2, 0.25) is 0 Å². The van der Waals surface area contributed by atoms with Gasteiger partial charge in [-0.25, -0.2) is 0 Å². The molecular formula is C9H17ClN4OS. The Bertz CT molecular complexity index is 313. The van der Waals surface area contributed by atoms with Crippen LogP contribution in [0.1, 0.15) is 37.2 Å². The summed E-state index contributed by atoms with van der Waals surface area (Å²) in [5.41, 5.74) is 6.09. The smallest absolute Gasteiger partial charge is 0.272 e. The van der Waals surface area contributed by atoms with Gasteiger partial charge in [0, 0.05) is 12.1 Å². The van der Waals surface area contributed by atoms with E-state index < -0.39 is 0 Å². The molecule has 1 amide bonds. The molecule has 3 N–H and O–H groups in total. The van der Waals surface area contributed by atoms with Gasteiger partial charge in [-0.2, -0.15) is 8.75 Å². The van der Waals surface area contributed by atoms with Crippen molar-refractivity contribution < 1.29 is 4.79 Å². The predicted molar refractivity (Wildman–Crippen MR) is 67.0 cm³/mol. The monoisotopic (exact) mass is 264 g/mol. The Morgan fingerprint density at radius 2 is 2.19 bits per heavy atom. The zero-order valence-electron chi connectivity index (χ0n) is 9.40. The molecule has 0 atom stereocenters. The number of nitrogens with one attached hydrogen (secondary N) is 1. The van der Waals surface area contributed by atoms with Crippen LogP contribution in [0, 0.1) is 0 Å². The molecule has 1 rings (SSSR count). The summed E-state index contributed by atoms with van der Waals surface area (Å²) in [6.45, 7) is 4.50. The van der Waals surface area contributed by atoms with E-state index in [0.717, 1.165) is 24.6 Å². The van der Waals surface area contributed by atoms with Gasteiger partial charge >= 0.3 is 0 Å². The minimum Gasteiger partial charge on any atom is -0.349 e. The zero-order chi connectivity index (χ0) is 11.3. The minimum absolute atomic E-state index is 0. The van der Waals surface area contributed by atoms with E-state index >= 15 is 0 Å². The first-order valence-electron chi connectivity index (χ1n) is 4.96. The summed E-state index contributed by atoms with van der Waals surface area (Å²) in [7, 11) is 0. The molecule has 7 heteroatoms. The third-order valence-electron chi connectivity index (χ3n) is 2.60. The van der Waals surface area contributed by atoms with Crippen molar-refractivity contribution in [1.82, 2.24) is 14.1 Å². The molecule has 1 heterocycles. The number of halogens is 1. The standard InChI is InChI=1S/C9H16N4OS.ClH/c1-3-9(10,4-2)6-11-8(14)7-5-12-15-13-7;/h5H,3-4,6,10H2,1-2H3,(H,11,14);1H. The van der Waals surface area contributed by atoms with Crippen LogP contribution in [0.5, 0.6) is 0 Å². The van der Waals surface area contributed by atoms with E-state index in [0.29, 0.717) is 12.2 Å². The molecule has 0 saturated heterocycles. The lowest BCUT2D eigenvalue weighted by Crippen LogP contribution is -2.49. The number of hydrogen-bond donors (Lipinski definition) is 2. The molecule has 0 aliphatic heterocycles. The van der Waals surface area contributed by atoms with Gasteiger partial charge in [-0.3, -0.25) is 4.79 Å². The number of hydrogen-bond acceptors (Lipinski definition) is 5. The number of rotatable bonds is 5. The third-order valence-corrected chi connectivity index (χ3v) is 3.08. The molecule has 0 aliphatic rings. The van der Waals surface area contributed by atoms with Crippen molar-refractivity contribution in [1.29, 1.82) is 0 Å². The Balaban J connectivity index is 0.00000225. The average molecular weight is 265 g/mol. The fourth-order valence-electron chi connectivity index (χ4n) is 1.11. The Kier molecular flexibility index (Phi) is 6.47. The van der Waals surface area contributed by atoms with Gasteiger partial charge in [0.25, 0.3) is 5.91 Å². The van der Waals surface area contributed by atoms with Gasteiger partial charge in [-0.05, 0) is 12.8 Å². The molecule has 1 aromatic rings. The molecule has 0 unspecified atom stereocenters. The second kappa shape index (κ2) is 6.78. The number of aromatic nitrogens is 2. The molecule has 16 heavy (non-hydrogen) atoms. The highest BCUT2D eigenvalue weighted by molar-refractivity contribution is 6.99. The van der Waals surface area contributed by atoms with Crippen LogP contribution < -0.4 is 11.1 Å². The molecule has 92 valence electrons. The summed E-state index contributed by atoms with van der Waals surface area (Å²) in [6.07, 6.45) is 3.12. The Hall–Kier alpha value is -0.720. The molecule has 0 spiro atoms. The van der Waals surface area contributed by atoms with Crippen LogP contribution in [0.4, 0.5) is 0 Å². The summed E-state index contributed by atoms with van der Waals surface area (Å²) in [6, 6.07) is 0. The maximum absolute atomic E-state index is 11.5. The molecule has 0 fully saturated rings. The highest BCUT2D eigenvalue weighted by Crippen LogP contribution is 2.09. The van der Waals surface area contributed by atoms with Gasteiger partial charge in [0.05, 0.1) is 17.9 Å². The first kappa shape index (κ1) is 15.3. The highest BCUT2D eigenvalue weighted by Gasteiger charge is 2.21.